The van der Waals surface area contributed by atoms with Crippen LogP contribution in [-0.4, -0.2) is 55.0 Å². The second-order valence-corrected chi connectivity index (χ2v) is 5.79. The number of hydrogen-bond acceptors (Lipinski definition) is 5. The fraction of sp³-hybridized carbons (Fsp3) is 0.533. The van der Waals surface area contributed by atoms with Gasteiger partial charge in [0, 0.05) is 26.2 Å². The Hall–Kier alpha value is -1.95. The summed E-state index contributed by atoms with van der Waals surface area (Å²) in [6, 6.07) is 4.30. The van der Waals surface area contributed by atoms with Crippen molar-refractivity contribution in [2.45, 2.75) is 19.5 Å². The molecule has 0 spiro atoms. The zero-order chi connectivity index (χ0) is 14.4. The molecule has 4 rings (SSSR count). The molecule has 3 aliphatic rings. The van der Waals surface area contributed by atoms with Crippen molar-refractivity contribution < 1.29 is 19.0 Å². The first-order valence-corrected chi connectivity index (χ1v) is 7.25. The highest BCUT2D eigenvalue weighted by Crippen LogP contribution is 2.35. The van der Waals surface area contributed by atoms with Crippen molar-refractivity contribution in [3.8, 4) is 11.5 Å². The molecule has 0 saturated carbocycles. The number of carbonyl (C=O) groups excluding carboxylic acids is 1. The van der Waals surface area contributed by atoms with Crippen LogP contribution in [0.3, 0.4) is 0 Å². The first kappa shape index (κ1) is 12.8. The lowest BCUT2D eigenvalue weighted by Gasteiger charge is -2.35. The minimum atomic E-state index is -0.168. The molecule has 3 aliphatic heterocycles. The lowest BCUT2D eigenvalue weighted by Crippen LogP contribution is -2.51. The van der Waals surface area contributed by atoms with E-state index in [0.717, 1.165) is 37.7 Å². The summed E-state index contributed by atoms with van der Waals surface area (Å²) < 4.78 is 16.0. The summed E-state index contributed by atoms with van der Waals surface area (Å²) in [5, 5.41) is 0. The van der Waals surface area contributed by atoms with Crippen molar-refractivity contribution in [2.24, 2.45) is 0 Å². The summed E-state index contributed by atoms with van der Waals surface area (Å²) in [5.74, 6) is 1.66. The maximum Gasteiger partial charge on any atom is 0.410 e. The van der Waals surface area contributed by atoms with E-state index >= 15 is 0 Å². The summed E-state index contributed by atoms with van der Waals surface area (Å²) in [6.07, 6.45) is -0.168. The van der Waals surface area contributed by atoms with Crippen LogP contribution in [0.15, 0.2) is 12.1 Å². The van der Waals surface area contributed by atoms with E-state index in [-0.39, 0.29) is 12.1 Å². The van der Waals surface area contributed by atoms with Crippen LogP contribution in [0.2, 0.25) is 0 Å². The lowest BCUT2D eigenvalue weighted by molar-refractivity contribution is 0.115. The summed E-state index contributed by atoms with van der Waals surface area (Å²) in [4.78, 5) is 15.7. The van der Waals surface area contributed by atoms with Crippen molar-refractivity contribution >= 4 is 6.09 Å². The van der Waals surface area contributed by atoms with Gasteiger partial charge >= 0.3 is 6.09 Å². The van der Waals surface area contributed by atoms with Crippen molar-refractivity contribution in [1.29, 1.82) is 0 Å². The Balaban J connectivity index is 1.48. The van der Waals surface area contributed by atoms with Gasteiger partial charge in [-0.1, -0.05) is 0 Å². The fourth-order valence-electron chi connectivity index (χ4n) is 3.19. The number of benzene rings is 1. The third kappa shape index (κ3) is 2.19. The van der Waals surface area contributed by atoms with Crippen LogP contribution in [0, 0.1) is 6.92 Å². The normalized spacial score (nSPS) is 24.1. The standard InChI is InChI=1S/C15H18N2O4/c1-10-4-13-14(21-9-20-13)5-11(10)6-16-2-3-17-12(7-16)8-19-15(17)18/h4-5,12H,2-3,6-9H2,1H3/t12-/m1/s1. The second kappa shape index (κ2) is 4.80. The van der Waals surface area contributed by atoms with E-state index in [1.165, 1.54) is 11.1 Å². The van der Waals surface area contributed by atoms with Gasteiger partial charge in [-0.25, -0.2) is 4.79 Å². The Kier molecular flexibility index (Phi) is 2.92. The second-order valence-electron chi connectivity index (χ2n) is 5.79. The molecule has 0 aromatic heterocycles. The van der Waals surface area contributed by atoms with Gasteiger partial charge in [-0.05, 0) is 30.2 Å². The van der Waals surface area contributed by atoms with Crippen molar-refractivity contribution in [3.63, 3.8) is 0 Å². The van der Waals surface area contributed by atoms with Crippen LogP contribution in [0.25, 0.3) is 0 Å². The third-order valence-electron chi connectivity index (χ3n) is 4.43. The van der Waals surface area contributed by atoms with Crippen molar-refractivity contribution in [2.75, 3.05) is 33.0 Å². The van der Waals surface area contributed by atoms with Gasteiger partial charge < -0.3 is 14.2 Å². The quantitative estimate of drug-likeness (QED) is 0.823. The first-order valence-electron chi connectivity index (χ1n) is 7.25. The smallest absolute Gasteiger partial charge is 0.410 e. The number of fused-ring (bicyclic) bond motifs is 2. The van der Waals surface area contributed by atoms with Crippen molar-refractivity contribution in [1.82, 2.24) is 9.80 Å². The summed E-state index contributed by atoms with van der Waals surface area (Å²) >= 11 is 0. The van der Waals surface area contributed by atoms with Crippen LogP contribution < -0.4 is 9.47 Å². The molecule has 0 unspecified atom stereocenters. The molecule has 3 heterocycles. The van der Waals surface area contributed by atoms with Crippen LogP contribution in [-0.2, 0) is 11.3 Å². The number of ether oxygens (including phenoxy) is 3. The predicted molar refractivity (Wildman–Crippen MR) is 74.4 cm³/mol. The maximum atomic E-state index is 11.5. The van der Waals surface area contributed by atoms with Gasteiger partial charge in [0.05, 0.1) is 6.04 Å². The van der Waals surface area contributed by atoms with E-state index < -0.39 is 0 Å². The first-order chi connectivity index (χ1) is 10.2. The molecule has 2 saturated heterocycles. The summed E-state index contributed by atoms with van der Waals surface area (Å²) in [5.41, 5.74) is 2.46. The minimum absolute atomic E-state index is 0.168. The molecular weight excluding hydrogens is 272 g/mol. The van der Waals surface area contributed by atoms with Gasteiger partial charge in [0.15, 0.2) is 11.5 Å². The highest BCUT2D eigenvalue weighted by atomic mass is 16.7. The Morgan fingerprint density at radius 2 is 2.00 bits per heavy atom. The number of cyclic esters (lactones) is 1. The van der Waals surface area contributed by atoms with Gasteiger partial charge in [-0.3, -0.25) is 9.80 Å². The van der Waals surface area contributed by atoms with E-state index in [2.05, 4.69) is 17.9 Å². The minimum Gasteiger partial charge on any atom is -0.454 e. The molecule has 1 atom stereocenters. The Morgan fingerprint density at radius 3 is 2.86 bits per heavy atom. The van der Waals surface area contributed by atoms with Crippen LogP contribution in [0.5, 0.6) is 11.5 Å². The predicted octanol–water partition coefficient (Wildman–Crippen LogP) is 1.36. The molecule has 6 nitrogen and oxygen atoms in total. The Labute approximate surface area is 123 Å². The molecular formula is C15H18N2O4. The van der Waals surface area contributed by atoms with Crippen molar-refractivity contribution in [3.05, 3.63) is 23.3 Å². The van der Waals surface area contributed by atoms with Gasteiger partial charge in [0.1, 0.15) is 6.61 Å². The fourth-order valence-corrected chi connectivity index (χ4v) is 3.19. The number of amides is 1. The highest BCUT2D eigenvalue weighted by Gasteiger charge is 2.37. The van der Waals surface area contributed by atoms with Gasteiger partial charge in [0.25, 0.3) is 0 Å². The topological polar surface area (TPSA) is 51.2 Å². The van der Waals surface area contributed by atoms with Crippen LogP contribution in [0.1, 0.15) is 11.1 Å². The lowest BCUT2D eigenvalue weighted by atomic mass is 10.1. The number of rotatable bonds is 2. The average molecular weight is 290 g/mol. The van der Waals surface area contributed by atoms with Gasteiger partial charge in [-0.2, -0.15) is 0 Å². The van der Waals surface area contributed by atoms with Crippen LogP contribution >= 0.6 is 0 Å². The molecule has 1 aromatic rings. The van der Waals surface area contributed by atoms with Crippen LogP contribution in [0.4, 0.5) is 4.79 Å². The van der Waals surface area contributed by atoms with E-state index in [1.54, 1.807) is 0 Å². The number of aryl methyl sites for hydroxylation is 1. The molecule has 2 fully saturated rings. The number of carbonyl (C=O) groups is 1. The molecule has 0 N–H and O–H groups in total. The zero-order valence-electron chi connectivity index (χ0n) is 12.0. The molecule has 1 aromatic carbocycles. The van der Waals surface area contributed by atoms with E-state index in [1.807, 2.05) is 11.0 Å². The van der Waals surface area contributed by atoms with Gasteiger partial charge in [0.2, 0.25) is 6.79 Å². The molecule has 0 aliphatic carbocycles. The maximum absolute atomic E-state index is 11.5. The molecule has 112 valence electrons. The Morgan fingerprint density at radius 1 is 1.19 bits per heavy atom. The zero-order valence-corrected chi connectivity index (χ0v) is 12.0. The molecule has 21 heavy (non-hydrogen) atoms. The number of nitrogens with zero attached hydrogens (tertiary/aromatic N) is 2. The molecule has 6 heteroatoms. The number of piperazine rings is 1. The molecule has 0 bridgehead atoms. The van der Waals surface area contributed by atoms with E-state index in [9.17, 15) is 4.79 Å². The monoisotopic (exact) mass is 290 g/mol. The number of hydrogen-bond donors (Lipinski definition) is 0. The SMILES string of the molecule is Cc1cc2c(cc1CN1CCN3C(=O)OC[C@H]3C1)OCO2. The largest absolute Gasteiger partial charge is 0.454 e. The third-order valence-corrected chi connectivity index (χ3v) is 4.43. The summed E-state index contributed by atoms with van der Waals surface area (Å²) in [7, 11) is 0. The van der Waals surface area contributed by atoms with Gasteiger partial charge in [-0.15, -0.1) is 0 Å². The summed E-state index contributed by atoms with van der Waals surface area (Å²) in [6.45, 7) is 6.25. The highest BCUT2D eigenvalue weighted by molar-refractivity contribution is 5.70. The molecule has 0 radical (unpaired) electrons. The Bertz CT molecular complexity index is 589. The van der Waals surface area contributed by atoms with E-state index in [4.69, 9.17) is 14.2 Å². The van der Waals surface area contributed by atoms with E-state index in [0.29, 0.717) is 13.4 Å². The molecule has 1 amide bonds. The average Bonchev–Trinajstić information content (AvgIpc) is 3.06.